The molecule has 2 heterocycles. The fraction of sp³-hybridized carbons (Fsp3) is 0.143. The van der Waals surface area contributed by atoms with Gasteiger partial charge in [0.25, 0.3) is 0 Å². The van der Waals surface area contributed by atoms with Gasteiger partial charge in [-0.2, -0.15) is 0 Å². The van der Waals surface area contributed by atoms with E-state index in [1.165, 1.54) is 74.3 Å². The Kier molecular flexibility index (Phi) is 8.04. The number of fused-ring (bicyclic) bond motifs is 6. The molecule has 1 fully saturated rings. The fourth-order valence-electron chi connectivity index (χ4n) is 8.77. The molecule has 2 nitrogen and oxygen atoms in total. The quantitative estimate of drug-likeness (QED) is 0.162. The zero-order valence-corrected chi connectivity index (χ0v) is 31.4. The lowest BCUT2D eigenvalue weighted by Gasteiger charge is -2.47. The van der Waals surface area contributed by atoms with Gasteiger partial charge in [0.2, 0.25) is 0 Å². The number of para-hydroxylation sites is 2. The maximum absolute atomic E-state index is 2.64. The van der Waals surface area contributed by atoms with Crippen LogP contribution in [-0.4, -0.2) is 5.54 Å². The van der Waals surface area contributed by atoms with Crippen molar-refractivity contribution in [3.8, 4) is 0 Å². The van der Waals surface area contributed by atoms with Crippen molar-refractivity contribution in [2.75, 3.05) is 9.80 Å². The van der Waals surface area contributed by atoms with Crippen molar-refractivity contribution < 1.29 is 0 Å². The Labute approximate surface area is 319 Å². The number of thiophene rings is 2. The van der Waals surface area contributed by atoms with Crippen LogP contribution in [0.1, 0.15) is 44.1 Å². The van der Waals surface area contributed by atoms with Crippen LogP contribution in [-0.2, 0) is 0 Å². The standard InChI is InChI=1S/C49H40N2S2/c1-49(51(38-14-6-3-7-15-38)40-25-27-44-42-17-9-11-19-46(42)53-48(44)33-40)30-28-35(29-31-49)34-20-22-37(23-21-34)50(36-12-4-2-5-13-36)39-24-26-43-41-16-8-10-18-45(41)52-47(43)32-39/h2-27,32-33,35H,28-31H2,1H3. The van der Waals surface area contributed by atoms with Gasteiger partial charge in [-0.05, 0) is 117 Å². The Morgan fingerprint density at radius 3 is 1.49 bits per heavy atom. The van der Waals surface area contributed by atoms with E-state index in [0.29, 0.717) is 5.92 Å². The minimum atomic E-state index is 0.0114. The largest absolute Gasteiger partial charge is 0.336 e. The molecule has 0 atom stereocenters. The van der Waals surface area contributed by atoms with Crippen molar-refractivity contribution in [3.05, 3.63) is 175 Å². The first-order valence-electron chi connectivity index (χ1n) is 18.7. The number of rotatable bonds is 7. The third-order valence-electron chi connectivity index (χ3n) is 11.5. The van der Waals surface area contributed by atoms with Gasteiger partial charge >= 0.3 is 0 Å². The van der Waals surface area contributed by atoms with Gasteiger partial charge < -0.3 is 9.80 Å². The number of hydrogen-bond donors (Lipinski definition) is 0. The highest BCUT2D eigenvalue weighted by atomic mass is 32.1. The van der Waals surface area contributed by atoms with Crippen LogP contribution in [0.15, 0.2) is 170 Å². The van der Waals surface area contributed by atoms with Gasteiger partial charge in [0, 0.05) is 74.3 Å². The van der Waals surface area contributed by atoms with Crippen molar-refractivity contribution in [1.82, 2.24) is 0 Å². The van der Waals surface area contributed by atoms with Gasteiger partial charge in [-0.25, -0.2) is 0 Å². The molecular formula is C49H40N2S2. The number of benzene rings is 7. The summed E-state index contributed by atoms with van der Waals surface area (Å²) in [6.45, 7) is 2.49. The molecule has 0 saturated heterocycles. The molecule has 1 aliphatic rings. The Morgan fingerprint density at radius 2 is 0.887 bits per heavy atom. The van der Waals surface area contributed by atoms with E-state index in [9.17, 15) is 0 Å². The fourth-order valence-corrected chi connectivity index (χ4v) is 11.1. The highest BCUT2D eigenvalue weighted by Gasteiger charge is 2.38. The topological polar surface area (TPSA) is 6.48 Å². The van der Waals surface area contributed by atoms with Crippen molar-refractivity contribution in [2.24, 2.45) is 0 Å². The normalized spacial score (nSPS) is 17.5. The monoisotopic (exact) mass is 720 g/mol. The van der Waals surface area contributed by atoms with E-state index in [0.717, 1.165) is 25.7 Å². The molecule has 2 aromatic heterocycles. The summed E-state index contributed by atoms with van der Waals surface area (Å²) in [6.07, 6.45) is 4.58. The van der Waals surface area contributed by atoms with Gasteiger partial charge in [-0.3, -0.25) is 0 Å². The van der Waals surface area contributed by atoms with Gasteiger partial charge in [0.05, 0.1) is 0 Å². The van der Waals surface area contributed by atoms with Crippen LogP contribution in [0.2, 0.25) is 0 Å². The van der Waals surface area contributed by atoms with E-state index < -0.39 is 0 Å². The minimum Gasteiger partial charge on any atom is -0.336 e. The lowest BCUT2D eigenvalue weighted by Crippen LogP contribution is -2.46. The molecule has 258 valence electrons. The highest BCUT2D eigenvalue weighted by molar-refractivity contribution is 7.26. The molecular weight excluding hydrogens is 681 g/mol. The van der Waals surface area contributed by atoms with E-state index in [4.69, 9.17) is 0 Å². The number of hydrogen-bond acceptors (Lipinski definition) is 4. The van der Waals surface area contributed by atoms with Crippen molar-refractivity contribution >= 4 is 91.5 Å². The first kappa shape index (κ1) is 32.2. The molecule has 53 heavy (non-hydrogen) atoms. The van der Waals surface area contributed by atoms with Gasteiger partial charge in [-0.1, -0.05) is 97.1 Å². The van der Waals surface area contributed by atoms with E-state index in [1.54, 1.807) is 0 Å². The summed E-state index contributed by atoms with van der Waals surface area (Å²) in [5.41, 5.74) is 7.56. The molecule has 0 bridgehead atoms. The highest BCUT2D eigenvalue weighted by Crippen LogP contribution is 2.48. The van der Waals surface area contributed by atoms with Crippen molar-refractivity contribution in [2.45, 2.75) is 44.1 Å². The third-order valence-corrected chi connectivity index (χ3v) is 13.8. The SMILES string of the molecule is CC1(N(c2ccccc2)c2ccc3c(c2)sc2ccccc23)CCC(c2ccc(N(c3ccccc3)c3ccc4c(c3)sc3ccccc34)cc2)CC1. The smallest absolute Gasteiger partial charge is 0.0476 e. The first-order valence-corrected chi connectivity index (χ1v) is 20.4. The zero-order valence-electron chi connectivity index (χ0n) is 29.8. The van der Waals surface area contributed by atoms with E-state index in [2.05, 4.69) is 187 Å². The molecule has 0 amide bonds. The van der Waals surface area contributed by atoms with Gasteiger partial charge in [0.15, 0.2) is 0 Å². The summed E-state index contributed by atoms with van der Waals surface area (Å²) in [5.74, 6) is 0.542. The average Bonchev–Trinajstić information content (AvgIpc) is 3.77. The lowest BCUT2D eigenvalue weighted by molar-refractivity contribution is 0.292. The second-order valence-electron chi connectivity index (χ2n) is 14.8. The summed E-state index contributed by atoms with van der Waals surface area (Å²) >= 11 is 3.78. The first-order chi connectivity index (χ1) is 26.1. The summed E-state index contributed by atoms with van der Waals surface area (Å²) in [4.78, 5) is 5.04. The molecule has 0 unspecified atom stereocenters. The zero-order chi connectivity index (χ0) is 35.4. The summed E-state index contributed by atoms with van der Waals surface area (Å²) in [6, 6.07) is 62.9. The maximum atomic E-state index is 2.64. The van der Waals surface area contributed by atoms with Crippen LogP contribution >= 0.6 is 22.7 Å². The van der Waals surface area contributed by atoms with Gasteiger partial charge in [-0.15, -0.1) is 22.7 Å². The minimum absolute atomic E-state index is 0.0114. The van der Waals surface area contributed by atoms with Crippen LogP contribution in [0.4, 0.5) is 28.4 Å². The molecule has 0 radical (unpaired) electrons. The van der Waals surface area contributed by atoms with Crippen LogP contribution in [0.5, 0.6) is 0 Å². The van der Waals surface area contributed by atoms with E-state index >= 15 is 0 Å². The molecule has 9 aromatic rings. The van der Waals surface area contributed by atoms with Gasteiger partial charge in [0.1, 0.15) is 0 Å². The second kappa shape index (κ2) is 13.2. The Balaban J connectivity index is 0.935. The predicted molar refractivity (Wildman–Crippen MR) is 232 cm³/mol. The predicted octanol–water partition coefficient (Wildman–Crippen LogP) is 15.1. The summed E-state index contributed by atoms with van der Waals surface area (Å²) in [5, 5.41) is 5.37. The lowest BCUT2D eigenvalue weighted by atomic mass is 9.74. The number of anilines is 5. The number of nitrogens with zero attached hydrogens (tertiary/aromatic N) is 2. The summed E-state index contributed by atoms with van der Waals surface area (Å²) in [7, 11) is 0. The van der Waals surface area contributed by atoms with Crippen molar-refractivity contribution in [1.29, 1.82) is 0 Å². The van der Waals surface area contributed by atoms with E-state index in [1.807, 2.05) is 22.7 Å². The van der Waals surface area contributed by atoms with Crippen LogP contribution in [0, 0.1) is 0 Å². The maximum Gasteiger partial charge on any atom is 0.0476 e. The Bertz CT molecular complexity index is 2700. The Morgan fingerprint density at radius 1 is 0.434 bits per heavy atom. The molecule has 1 saturated carbocycles. The molecule has 1 aliphatic carbocycles. The second-order valence-corrected chi connectivity index (χ2v) is 16.9. The molecule has 0 N–H and O–H groups in total. The molecule has 4 heteroatoms. The van der Waals surface area contributed by atoms with Crippen molar-refractivity contribution in [3.63, 3.8) is 0 Å². The van der Waals surface area contributed by atoms with Crippen LogP contribution in [0.3, 0.4) is 0 Å². The average molecular weight is 721 g/mol. The third kappa shape index (κ3) is 5.78. The molecule has 0 aliphatic heterocycles. The molecule has 7 aromatic carbocycles. The molecule has 0 spiro atoms. The summed E-state index contributed by atoms with van der Waals surface area (Å²) < 4.78 is 5.37. The van der Waals surface area contributed by atoms with E-state index in [-0.39, 0.29) is 5.54 Å². The van der Waals surface area contributed by atoms with Crippen LogP contribution < -0.4 is 9.80 Å². The Hall–Kier alpha value is -5.42. The molecule has 10 rings (SSSR count). The van der Waals surface area contributed by atoms with Crippen LogP contribution in [0.25, 0.3) is 40.3 Å².